The number of ketones is 3. The molecule has 1 unspecified atom stereocenters. The molecule has 0 radical (unpaired) electrons. The Bertz CT molecular complexity index is 1040. The van der Waals surface area contributed by atoms with Crippen molar-refractivity contribution in [1.82, 2.24) is 0 Å². The summed E-state index contributed by atoms with van der Waals surface area (Å²) in [6, 6.07) is 6.09. The van der Waals surface area contributed by atoms with Crippen molar-refractivity contribution in [3.05, 3.63) is 69.7 Å². The van der Waals surface area contributed by atoms with Crippen LogP contribution in [-0.4, -0.2) is 49.5 Å². The van der Waals surface area contributed by atoms with E-state index in [0.29, 0.717) is 0 Å². The number of hydrogen-bond acceptors (Lipinski definition) is 7. The lowest BCUT2D eigenvalue weighted by Crippen LogP contribution is -2.46. The van der Waals surface area contributed by atoms with Gasteiger partial charge in [-0.15, -0.1) is 0 Å². The fraction of sp³-hybridized carbons (Fsp3) is 0.286. The van der Waals surface area contributed by atoms with Gasteiger partial charge in [-0.1, -0.05) is 30.3 Å². The number of fused-ring (bicyclic) bond motifs is 3. The Morgan fingerprint density at radius 3 is 2.43 bits per heavy atom. The molecule has 7 nitrogen and oxygen atoms in total. The zero-order valence-corrected chi connectivity index (χ0v) is 15.0. The molecule has 0 aromatic heterocycles. The molecule has 0 saturated heterocycles. The van der Waals surface area contributed by atoms with Crippen LogP contribution in [-0.2, 0) is 4.79 Å². The van der Waals surface area contributed by atoms with Crippen molar-refractivity contribution in [2.24, 2.45) is 5.92 Å². The van der Waals surface area contributed by atoms with Gasteiger partial charge in [0.1, 0.15) is 17.1 Å². The minimum Gasteiger partial charge on any atom is -0.511 e. The van der Waals surface area contributed by atoms with Crippen molar-refractivity contribution in [1.29, 1.82) is 0 Å². The molecule has 4 N–H and O–H groups in total. The van der Waals surface area contributed by atoms with Gasteiger partial charge >= 0.3 is 0 Å². The average molecular weight is 382 g/mol. The van der Waals surface area contributed by atoms with Crippen LogP contribution in [0.25, 0.3) is 0 Å². The summed E-state index contributed by atoms with van der Waals surface area (Å²) < 4.78 is 0. The number of aliphatic hydroxyl groups is 4. The Morgan fingerprint density at radius 2 is 1.79 bits per heavy atom. The lowest BCUT2D eigenvalue weighted by Gasteiger charge is -2.37. The standard InChI is InChI=1S/C21H18O7/c1-9(22)21(28)7-14-16(15(23)8-21)20(27)13-6-12(19(14)26)17(24)10-4-2-3-5-11(10)18(13)25/h2-6,13,15,23,26-28H,7-8H2,1H3/t13?,15-,21-/m0/s1. The molecule has 3 aliphatic rings. The maximum absolute atomic E-state index is 13.0. The van der Waals surface area contributed by atoms with E-state index in [1.165, 1.54) is 18.2 Å². The van der Waals surface area contributed by atoms with Gasteiger partial charge < -0.3 is 20.4 Å². The molecule has 144 valence electrons. The molecule has 0 spiro atoms. The largest absolute Gasteiger partial charge is 0.511 e. The summed E-state index contributed by atoms with van der Waals surface area (Å²) in [6.07, 6.45) is -1.10. The van der Waals surface area contributed by atoms with Gasteiger partial charge in [0.2, 0.25) is 0 Å². The third kappa shape index (κ3) is 2.40. The van der Waals surface area contributed by atoms with Crippen molar-refractivity contribution in [2.75, 3.05) is 0 Å². The molecule has 1 saturated carbocycles. The molecule has 2 bridgehead atoms. The van der Waals surface area contributed by atoms with E-state index in [1.54, 1.807) is 12.1 Å². The van der Waals surface area contributed by atoms with Gasteiger partial charge in [-0.2, -0.15) is 0 Å². The SMILES string of the molecule is CC(=O)[C@]1(O)CC2=C(O)C3=CC(C(=O)c4ccccc4C3=O)C(O)=C2[C@@H](O)C1. The van der Waals surface area contributed by atoms with Crippen molar-refractivity contribution in [3.63, 3.8) is 0 Å². The molecule has 3 atom stereocenters. The Balaban J connectivity index is 2.00. The lowest BCUT2D eigenvalue weighted by molar-refractivity contribution is -0.138. The Morgan fingerprint density at radius 1 is 1.14 bits per heavy atom. The Kier molecular flexibility index (Phi) is 3.92. The highest BCUT2D eigenvalue weighted by Crippen LogP contribution is 2.45. The van der Waals surface area contributed by atoms with Crippen LogP contribution in [0, 0.1) is 5.92 Å². The number of Topliss-reactive ketones (excluding diaryl/α,β-unsaturated/α-hetero) is 3. The van der Waals surface area contributed by atoms with Crippen LogP contribution in [0.2, 0.25) is 0 Å². The molecule has 3 aliphatic carbocycles. The molecule has 1 fully saturated rings. The Hall–Kier alpha value is -3.03. The van der Waals surface area contributed by atoms with E-state index >= 15 is 0 Å². The molecule has 0 heterocycles. The summed E-state index contributed by atoms with van der Waals surface area (Å²) in [4.78, 5) is 37.9. The number of allylic oxidation sites excluding steroid dienone is 2. The summed E-state index contributed by atoms with van der Waals surface area (Å²) in [5.41, 5.74) is -2.20. The zero-order chi connectivity index (χ0) is 20.4. The predicted octanol–water partition coefficient (Wildman–Crippen LogP) is 1.72. The molecule has 0 amide bonds. The topological polar surface area (TPSA) is 132 Å². The number of carbonyl (C=O) groups excluding carboxylic acids is 3. The third-order valence-electron chi connectivity index (χ3n) is 5.72. The van der Waals surface area contributed by atoms with Crippen LogP contribution in [0.1, 0.15) is 40.5 Å². The third-order valence-corrected chi connectivity index (χ3v) is 5.72. The lowest BCUT2D eigenvalue weighted by atomic mass is 9.73. The van der Waals surface area contributed by atoms with Gasteiger partial charge in [-0.05, 0) is 6.92 Å². The number of benzene rings is 1. The highest BCUT2D eigenvalue weighted by molar-refractivity contribution is 6.20. The summed E-state index contributed by atoms with van der Waals surface area (Å²) in [6.45, 7) is 1.16. The van der Waals surface area contributed by atoms with Gasteiger partial charge in [0, 0.05) is 35.1 Å². The van der Waals surface area contributed by atoms with E-state index in [1.807, 2.05) is 0 Å². The van der Waals surface area contributed by atoms with Gasteiger partial charge in [0.05, 0.1) is 17.6 Å². The second kappa shape index (κ2) is 5.98. The fourth-order valence-electron chi connectivity index (χ4n) is 4.13. The first-order chi connectivity index (χ1) is 13.2. The fourth-order valence-corrected chi connectivity index (χ4v) is 4.13. The quantitative estimate of drug-likeness (QED) is 0.581. The van der Waals surface area contributed by atoms with E-state index < -0.39 is 52.9 Å². The van der Waals surface area contributed by atoms with Gasteiger partial charge in [0.15, 0.2) is 17.3 Å². The van der Waals surface area contributed by atoms with Crippen LogP contribution in [0.4, 0.5) is 0 Å². The molecule has 0 aliphatic heterocycles. The summed E-state index contributed by atoms with van der Waals surface area (Å²) >= 11 is 0. The molecule has 1 aromatic rings. The molecule has 28 heavy (non-hydrogen) atoms. The van der Waals surface area contributed by atoms with E-state index in [4.69, 9.17) is 0 Å². The van der Waals surface area contributed by atoms with Crippen LogP contribution in [0.3, 0.4) is 0 Å². The molecule has 1 aromatic carbocycles. The monoisotopic (exact) mass is 382 g/mol. The van der Waals surface area contributed by atoms with Crippen molar-refractivity contribution < 1.29 is 34.8 Å². The summed E-state index contributed by atoms with van der Waals surface area (Å²) in [5.74, 6) is -4.09. The maximum Gasteiger partial charge on any atom is 0.197 e. The second-order valence-electron chi connectivity index (χ2n) is 7.41. The van der Waals surface area contributed by atoms with Gasteiger partial charge in [-0.3, -0.25) is 14.4 Å². The summed E-state index contributed by atoms with van der Waals surface area (Å²) in [7, 11) is 0. The highest BCUT2D eigenvalue weighted by atomic mass is 16.3. The number of hydrogen-bond donors (Lipinski definition) is 4. The van der Waals surface area contributed by atoms with Gasteiger partial charge in [-0.25, -0.2) is 0 Å². The normalized spacial score (nSPS) is 29.6. The average Bonchev–Trinajstić information content (AvgIpc) is 2.83. The smallest absolute Gasteiger partial charge is 0.197 e. The first-order valence-corrected chi connectivity index (χ1v) is 8.83. The van der Waals surface area contributed by atoms with E-state index in [0.717, 1.165) is 6.92 Å². The van der Waals surface area contributed by atoms with E-state index in [2.05, 4.69) is 0 Å². The maximum atomic E-state index is 13.0. The highest BCUT2D eigenvalue weighted by Gasteiger charge is 2.48. The van der Waals surface area contributed by atoms with Crippen LogP contribution < -0.4 is 0 Å². The van der Waals surface area contributed by atoms with Crippen molar-refractivity contribution in [3.8, 4) is 0 Å². The number of carbonyl (C=O) groups is 3. The minimum atomic E-state index is -1.95. The van der Waals surface area contributed by atoms with Crippen LogP contribution in [0.5, 0.6) is 0 Å². The molecular weight excluding hydrogens is 364 g/mol. The zero-order valence-electron chi connectivity index (χ0n) is 15.0. The number of aliphatic hydroxyl groups excluding tert-OH is 3. The first kappa shape index (κ1) is 18.3. The molecule has 7 heteroatoms. The molecule has 4 rings (SSSR count). The first-order valence-electron chi connectivity index (χ1n) is 8.83. The van der Waals surface area contributed by atoms with Crippen molar-refractivity contribution in [2.45, 2.75) is 31.5 Å². The number of rotatable bonds is 1. The summed E-state index contributed by atoms with van der Waals surface area (Å²) in [5, 5.41) is 42.8. The Labute approximate surface area is 159 Å². The van der Waals surface area contributed by atoms with E-state index in [9.17, 15) is 34.8 Å². The van der Waals surface area contributed by atoms with Gasteiger partial charge in [0.25, 0.3) is 0 Å². The minimum absolute atomic E-state index is 0.0860. The van der Waals surface area contributed by atoms with Crippen LogP contribution >= 0.6 is 0 Å². The molecular formula is C21H18O7. The second-order valence-corrected chi connectivity index (χ2v) is 7.41. The van der Waals surface area contributed by atoms with Crippen LogP contribution in [0.15, 0.2) is 58.6 Å². The predicted molar refractivity (Wildman–Crippen MR) is 96.9 cm³/mol. The van der Waals surface area contributed by atoms with Crippen molar-refractivity contribution >= 4 is 17.3 Å². The van der Waals surface area contributed by atoms with E-state index in [-0.39, 0.29) is 34.3 Å².